The van der Waals surface area contributed by atoms with Gasteiger partial charge in [0.25, 0.3) is 0 Å². The summed E-state index contributed by atoms with van der Waals surface area (Å²) >= 11 is 4.03. The number of nitrogens with two attached hydrogens (primary N) is 4. The number of Topliss-reactive ketones (excluding diaryl/α,β-unsaturated/α-hetero) is 1. The van der Waals surface area contributed by atoms with E-state index in [1.54, 1.807) is 0 Å². The van der Waals surface area contributed by atoms with Crippen molar-refractivity contribution in [2.24, 2.45) is 33.8 Å². The van der Waals surface area contributed by atoms with Crippen LogP contribution in [0.2, 0.25) is 0 Å². The fourth-order valence-corrected chi connectivity index (χ4v) is 2.75. The number of ether oxygens (including phenoxy) is 2. The zero-order valence-corrected chi connectivity index (χ0v) is 19.7. The largest absolute Gasteiger partial charge is 0.480 e. The molecule has 0 heterocycles. The molecule has 34 heavy (non-hydrogen) atoms. The number of amides is 1. The minimum Gasteiger partial charge on any atom is -0.480 e. The number of ketones is 1. The van der Waals surface area contributed by atoms with Crippen LogP contribution < -0.4 is 28.3 Å². The van der Waals surface area contributed by atoms with E-state index in [-0.39, 0.29) is 50.0 Å². The Morgan fingerprint density at radius 1 is 1.00 bits per heavy atom. The molecule has 0 saturated heterocycles. The van der Waals surface area contributed by atoms with Gasteiger partial charge in [-0.2, -0.15) is 12.6 Å². The van der Waals surface area contributed by atoms with Crippen molar-refractivity contribution in [1.82, 2.24) is 5.32 Å². The summed E-state index contributed by atoms with van der Waals surface area (Å²) in [6.45, 7) is -0.584. The number of nitrogens with one attached hydrogen (secondary N) is 1. The van der Waals surface area contributed by atoms with Gasteiger partial charge >= 0.3 is 17.9 Å². The molecule has 0 aliphatic carbocycles. The van der Waals surface area contributed by atoms with Crippen LogP contribution in [0, 0.1) is 5.92 Å². The van der Waals surface area contributed by atoms with Crippen LogP contribution in [-0.4, -0.2) is 84.8 Å². The van der Waals surface area contributed by atoms with Gasteiger partial charge < -0.3 is 42.8 Å². The van der Waals surface area contributed by atoms with Gasteiger partial charge in [0.05, 0.1) is 5.92 Å². The molecule has 0 unspecified atom stereocenters. The van der Waals surface area contributed by atoms with Gasteiger partial charge in [0.1, 0.15) is 37.6 Å². The number of esters is 2. The van der Waals surface area contributed by atoms with Gasteiger partial charge in [-0.1, -0.05) is 0 Å². The van der Waals surface area contributed by atoms with Crippen LogP contribution in [0.15, 0.2) is 4.99 Å². The van der Waals surface area contributed by atoms with E-state index >= 15 is 0 Å². The van der Waals surface area contributed by atoms with Crippen molar-refractivity contribution in [3.63, 3.8) is 0 Å². The van der Waals surface area contributed by atoms with Gasteiger partial charge in [-0.3, -0.25) is 29.0 Å². The Morgan fingerprint density at radius 3 is 2.24 bits per heavy atom. The summed E-state index contributed by atoms with van der Waals surface area (Å²) in [5.41, 5.74) is 21.4. The van der Waals surface area contributed by atoms with Crippen LogP contribution in [-0.2, 0) is 33.4 Å². The summed E-state index contributed by atoms with van der Waals surface area (Å²) in [7, 11) is 0. The van der Waals surface area contributed by atoms with Gasteiger partial charge in [-0.15, -0.1) is 0 Å². The molecule has 0 aromatic heterocycles. The lowest BCUT2D eigenvalue weighted by atomic mass is 9.99. The number of hydrogen-bond donors (Lipinski definition) is 7. The molecule has 14 nitrogen and oxygen atoms in total. The summed E-state index contributed by atoms with van der Waals surface area (Å²) in [4.78, 5) is 62.0. The first-order valence-electron chi connectivity index (χ1n) is 10.5. The molecule has 0 radical (unpaired) electrons. The lowest BCUT2D eigenvalue weighted by molar-refractivity contribution is -0.153. The Labute approximate surface area is 202 Å². The number of rotatable bonds is 18. The van der Waals surface area contributed by atoms with Crippen molar-refractivity contribution in [2.75, 3.05) is 32.1 Å². The normalized spacial score (nSPS) is 13.1. The van der Waals surface area contributed by atoms with E-state index in [2.05, 4.69) is 22.9 Å². The molecule has 15 heteroatoms. The highest BCUT2D eigenvalue weighted by Crippen LogP contribution is 2.10. The van der Waals surface area contributed by atoms with Crippen molar-refractivity contribution in [3.05, 3.63) is 0 Å². The van der Waals surface area contributed by atoms with Gasteiger partial charge in [0, 0.05) is 25.1 Å². The molecule has 0 saturated carbocycles. The van der Waals surface area contributed by atoms with Gasteiger partial charge in [0.2, 0.25) is 5.91 Å². The van der Waals surface area contributed by atoms with Crippen molar-refractivity contribution in [2.45, 2.75) is 44.2 Å². The fourth-order valence-electron chi connectivity index (χ4n) is 2.45. The van der Waals surface area contributed by atoms with Crippen LogP contribution in [0.25, 0.3) is 0 Å². The topological polar surface area (TPSA) is 253 Å². The second-order valence-corrected chi connectivity index (χ2v) is 7.63. The van der Waals surface area contributed by atoms with Crippen LogP contribution in [0.4, 0.5) is 0 Å². The lowest BCUT2D eigenvalue weighted by Crippen LogP contribution is -2.37. The maximum atomic E-state index is 12.2. The van der Waals surface area contributed by atoms with E-state index in [4.69, 9.17) is 37.5 Å². The van der Waals surface area contributed by atoms with E-state index in [1.165, 1.54) is 0 Å². The van der Waals surface area contributed by atoms with Gasteiger partial charge in [0.15, 0.2) is 5.96 Å². The molecule has 10 N–H and O–H groups in total. The Hall–Kier alpha value is -2.91. The SMILES string of the molecule is NC(N)=NCCC[C@H](N)C(=O)OCCOC(=O)CNC(=O)[C@H](CS)CC(=O)CC[C@H](N)C(=O)O. The molecule has 0 aliphatic heterocycles. The van der Waals surface area contributed by atoms with Crippen molar-refractivity contribution in [3.8, 4) is 0 Å². The molecule has 0 aromatic rings. The fraction of sp³-hybridized carbons (Fsp3) is 0.684. The highest BCUT2D eigenvalue weighted by Gasteiger charge is 2.22. The number of carbonyl (C=O) groups excluding carboxylic acids is 4. The van der Waals surface area contributed by atoms with Crippen LogP contribution >= 0.6 is 12.6 Å². The van der Waals surface area contributed by atoms with Crippen molar-refractivity contribution in [1.29, 1.82) is 0 Å². The predicted molar refractivity (Wildman–Crippen MR) is 125 cm³/mol. The first-order chi connectivity index (χ1) is 16.0. The molecule has 194 valence electrons. The number of carboxylic acids is 1. The standard InChI is InChI=1S/C19H34N6O8S/c20-13(17(29)30)4-3-12(26)8-11(10-34)16(28)25-9-15(27)32-6-7-33-18(31)14(21)2-1-5-24-19(22)23/h11,13-14,34H,1-10,20-21H2,(H,25,28)(H,29,30)(H4,22,23,24)/t11-,13-,14-/m0/s1. The van der Waals surface area contributed by atoms with Crippen LogP contribution in [0.5, 0.6) is 0 Å². The predicted octanol–water partition coefficient (Wildman–Crippen LogP) is -2.73. The summed E-state index contributed by atoms with van der Waals surface area (Å²) in [6, 6.07) is -2.03. The van der Waals surface area contributed by atoms with Crippen LogP contribution in [0.1, 0.15) is 32.1 Å². The van der Waals surface area contributed by atoms with E-state index in [9.17, 15) is 24.0 Å². The second-order valence-electron chi connectivity index (χ2n) is 7.27. The highest BCUT2D eigenvalue weighted by molar-refractivity contribution is 7.80. The Bertz CT molecular complexity index is 732. The van der Waals surface area contributed by atoms with E-state index < -0.39 is 48.4 Å². The maximum absolute atomic E-state index is 12.2. The summed E-state index contributed by atoms with van der Waals surface area (Å²) in [6.07, 6.45) is 0.486. The number of thiol groups is 1. The monoisotopic (exact) mass is 506 g/mol. The van der Waals surface area contributed by atoms with E-state index in [1.807, 2.05) is 0 Å². The number of carboxylic acid groups (broad SMARTS) is 1. The zero-order chi connectivity index (χ0) is 26.1. The summed E-state index contributed by atoms with van der Waals surface area (Å²) in [5.74, 6) is -4.40. The number of aliphatic imine (C=N–C) groups is 1. The molecule has 0 bridgehead atoms. The van der Waals surface area contributed by atoms with Gasteiger partial charge in [-0.25, -0.2) is 0 Å². The third-order valence-corrected chi connectivity index (χ3v) is 4.83. The van der Waals surface area contributed by atoms with Crippen molar-refractivity contribution >= 4 is 48.2 Å². The zero-order valence-electron chi connectivity index (χ0n) is 18.8. The number of hydrogen-bond acceptors (Lipinski definition) is 11. The van der Waals surface area contributed by atoms with Gasteiger partial charge in [-0.05, 0) is 19.3 Å². The maximum Gasteiger partial charge on any atom is 0.325 e. The Balaban J connectivity index is 4.12. The molecule has 0 rings (SSSR count). The average Bonchev–Trinajstić information content (AvgIpc) is 2.79. The molecule has 0 aliphatic rings. The minimum absolute atomic E-state index is 0.0414. The first-order valence-corrected chi connectivity index (χ1v) is 11.1. The summed E-state index contributed by atoms with van der Waals surface area (Å²) in [5, 5.41) is 11.1. The number of carbonyl (C=O) groups is 5. The quantitative estimate of drug-likeness (QED) is 0.0329. The number of guanidine groups is 1. The minimum atomic E-state index is -1.22. The molecular formula is C19H34N6O8S. The third-order valence-electron chi connectivity index (χ3n) is 4.38. The Morgan fingerprint density at radius 2 is 1.65 bits per heavy atom. The summed E-state index contributed by atoms with van der Waals surface area (Å²) < 4.78 is 9.76. The smallest absolute Gasteiger partial charge is 0.325 e. The second kappa shape index (κ2) is 17.6. The van der Waals surface area contributed by atoms with E-state index in [0.29, 0.717) is 19.4 Å². The third kappa shape index (κ3) is 15.0. The number of aliphatic carboxylic acids is 1. The first kappa shape index (κ1) is 31.1. The van der Waals surface area contributed by atoms with Crippen molar-refractivity contribution < 1.29 is 38.6 Å². The highest BCUT2D eigenvalue weighted by atomic mass is 32.1. The molecule has 0 fully saturated rings. The molecule has 1 amide bonds. The lowest BCUT2D eigenvalue weighted by Gasteiger charge is -2.14. The number of nitrogens with zero attached hydrogens (tertiary/aromatic N) is 1. The Kier molecular flexibility index (Phi) is 16.0. The van der Waals surface area contributed by atoms with E-state index in [0.717, 1.165) is 0 Å². The average molecular weight is 507 g/mol. The molecule has 0 aromatic carbocycles. The molecule has 0 spiro atoms. The van der Waals surface area contributed by atoms with Crippen LogP contribution in [0.3, 0.4) is 0 Å². The molecule has 3 atom stereocenters. The molecular weight excluding hydrogens is 472 g/mol.